The molecule has 0 atom stereocenters. The van der Waals surface area contributed by atoms with Gasteiger partial charge in [-0.3, -0.25) is 5.21 Å². The van der Waals surface area contributed by atoms with E-state index in [1.807, 2.05) is 6.92 Å². The molecule has 0 saturated heterocycles. The van der Waals surface area contributed by atoms with Crippen molar-refractivity contribution in [3.05, 3.63) is 4.91 Å². The van der Waals surface area contributed by atoms with Gasteiger partial charge in [-0.15, -0.1) is 4.91 Å². The van der Waals surface area contributed by atoms with Crippen molar-refractivity contribution in [2.24, 2.45) is 5.29 Å². The molecule has 0 aromatic heterocycles. The summed E-state index contributed by atoms with van der Waals surface area (Å²) in [4.78, 5) is 10.1. The summed E-state index contributed by atoms with van der Waals surface area (Å²) >= 11 is 0. The summed E-state index contributed by atoms with van der Waals surface area (Å²) < 4.78 is 0. The summed E-state index contributed by atoms with van der Waals surface area (Å²) in [6.45, 7) is 5.89. The van der Waals surface area contributed by atoms with E-state index in [9.17, 15) is 4.91 Å². The van der Waals surface area contributed by atoms with Crippen molar-refractivity contribution >= 4 is 0 Å². The number of hydrazine groups is 1. The van der Waals surface area contributed by atoms with E-state index in [0.717, 1.165) is 16.8 Å². The molecule has 0 saturated carbocycles. The standard InChI is InChI=1S/C6H16N4O2/c1-3-7-5-6-10(12)9(4-2)8-11/h7,12H,3-6H2,1-2H3. The molecule has 0 spiro atoms. The molecule has 0 unspecified atom stereocenters. The van der Waals surface area contributed by atoms with Crippen molar-refractivity contribution in [3.63, 3.8) is 0 Å². The van der Waals surface area contributed by atoms with Crippen LogP contribution in [0.5, 0.6) is 0 Å². The van der Waals surface area contributed by atoms with Crippen LogP contribution in [0.15, 0.2) is 5.29 Å². The van der Waals surface area contributed by atoms with E-state index in [4.69, 9.17) is 5.21 Å². The minimum Gasteiger partial charge on any atom is -0.316 e. The topological polar surface area (TPSA) is 68.2 Å². The highest BCUT2D eigenvalue weighted by Crippen LogP contribution is 1.92. The van der Waals surface area contributed by atoms with Crippen molar-refractivity contribution < 1.29 is 5.21 Å². The first kappa shape index (κ1) is 11.3. The number of nitrogens with one attached hydrogen (secondary N) is 1. The molecule has 0 rings (SSSR count). The van der Waals surface area contributed by atoms with Crippen molar-refractivity contribution in [3.8, 4) is 0 Å². The molecular weight excluding hydrogens is 160 g/mol. The molecule has 6 heteroatoms. The monoisotopic (exact) mass is 176 g/mol. The van der Waals surface area contributed by atoms with Crippen LogP contribution in [0, 0.1) is 4.91 Å². The van der Waals surface area contributed by atoms with Crippen molar-refractivity contribution in [1.82, 2.24) is 15.6 Å². The fourth-order valence-electron chi connectivity index (χ4n) is 0.734. The lowest BCUT2D eigenvalue weighted by Crippen LogP contribution is -2.40. The highest BCUT2D eigenvalue weighted by Gasteiger charge is 2.07. The number of hydrogen-bond acceptors (Lipinski definition) is 5. The summed E-state index contributed by atoms with van der Waals surface area (Å²) in [6, 6.07) is 0. The Balaban J connectivity index is 3.53. The Hall–Kier alpha value is -0.720. The van der Waals surface area contributed by atoms with Crippen molar-refractivity contribution in [2.45, 2.75) is 13.8 Å². The fourth-order valence-corrected chi connectivity index (χ4v) is 0.734. The first-order valence-electron chi connectivity index (χ1n) is 4.04. The van der Waals surface area contributed by atoms with Gasteiger partial charge in [-0.2, -0.15) is 5.12 Å². The third-order valence-corrected chi connectivity index (χ3v) is 1.38. The SMILES string of the molecule is CCNCCN(O)N(CC)N=O. The third kappa shape index (κ3) is 4.22. The maximum Gasteiger partial charge on any atom is 0.0705 e. The fraction of sp³-hybridized carbons (Fsp3) is 1.00. The number of nitrogens with zero attached hydrogens (tertiary/aromatic N) is 3. The third-order valence-electron chi connectivity index (χ3n) is 1.38. The molecule has 72 valence electrons. The second-order valence-electron chi connectivity index (χ2n) is 2.22. The van der Waals surface area contributed by atoms with E-state index in [0.29, 0.717) is 19.6 Å². The van der Waals surface area contributed by atoms with Crippen LogP contribution in [0.4, 0.5) is 0 Å². The first-order chi connectivity index (χ1) is 5.76. The molecule has 0 aliphatic heterocycles. The van der Waals surface area contributed by atoms with Gasteiger partial charge in [-0.25, -0.2) is 0 Å². The second kappa shape index (κ2) is 6.96. The predicted octanol–water partition coefficient (Wildman–Crippen LogP) is 0.205. The van der Waals surface area contributed by atoms with E-state index < -0.39 is 0 Å². The Bertz CT molecular complexity index is 122. The van der Waals surface area contributed by atoms with Gasteiger partial charge in [-0.1, -0.05) is 12.1 Å². The Morgan fingerprint density at radius 3 is 2.58 bits per heavy atom. The Morgan fingerprint density at radius 1 is 1.50 bits per heavy atom. The molecule has 6 nitrogen and oxygen atoms in total. The zero-order chi connectivity index (χ0) is 9.40. The van der Waals surface area contributed by atoms with Crippen LogP contribution in [-0.4, -0.2) is 41.7 Å². The van der Waals surface area contributed by atoms with Gasteiger partial charge < -0.3 is 5.32 Å². The van der Waals surface area contributed by atoms with E-state index in [1.165, 1.54) is 0 Å². The van der Waals surface area contributed by atoms with Crippen LogP contribution >= 0.6 is 0 Å². The largest absolute Gasteiger partial charge is 0.316 e. The molecule has 0 aliphatic rings. The predicted molar refractivity (Wildman–Crippen MR) is 45.2 cm³/mol. The lowest BCUT2D eigenvalue weighted by atomic mass is 10.6. The Morgan fingerprint density at radius 2 is 2.17 bits per heavy atom. The second-order valence-corrected chi connectivity index (χ2v) is 2.22. The Labute approximate surface area is 72.0 Å². The van der Waals surface area contributed by atoms with Gasteiger partial charge in [0.2, 0.25) is 0 Å². The molecule has 0 aliphatic carbocycles. The number of rotatable bonds is 7. The average molecular weight is 176 g/mol. The maximum absolute atomic E-state index is 10.1. The molecule has 0 fully saturated rings. The Kier molecular flexibility index (Phi) is 6.54. The molecule has 0 amide bonds. The smallest absolute Gasteiger partial charge is 0.0705 e. The summed E-state index contributed by atoms with van der Waals surface area (Å²) in [7, 11) is 0. The number of hydroxylamine groups is 1. The summed E-state index contributed by atoms with van der Waals surface area (Å²) in [5.41, 5.74) is 0. The first-order valence-corrected chi connectivity index (χ1v) is 4.04. The normalized spacial score (nSPS) is 10.3. The molecule has 0 bridgehead atoms. The molecule has 0 radical (unpaired) electrons. The summed E-state index contributed by atoms with van der Waals surface area (Å²) in [5, 5.41) is 16.5. The summed E-state index contributed by atoms with van der Waals surface area (Å²) in [6.07, 6.45) is 0. The van der Waals surface area contributed by atoms with E-state index >= 15 is 0 Å². The summed E-state index contributed by atoms with van der Waals surface area (Å²) in [5.74, 6) is 0. The number of hydrogen-bond donors (Lipinski definition) is 2. The highest BCUT2D eigenvalue weighted by molar-refractivity contribution is 4.46. The van der Waals surface area contributed by atoms with Crippen LogP contribution in [0.3, 0.4) is 0 Å². The number of nitroso groups, excluding NO2 is 1. The molecule has 0 heterocycles. The van der Waals surface area contributed by atoms with Crippen LogP contribution in [-0.2, 0) is 0 Å². The van der Waals surface area contributed by atoms with E-state index in [1.54, 1.807) is 6.92 Å². The molecule has 0 aromatic rings. The van der Waals surface area contributed by atoms with Gasteiger partial charge in [0.05, 0.1) is 18.4 Å². The van der Waals surface area contributed by atoms with Crippen LogP contribution in [0.2, 0.25) is 0 Å². The minimum absolute atomic E-state index is 0.355. The quantitative estimate of drug-likeness (QED) is 0.329. The lowest BCUT2D eigenvalue weighted by molar-refractivity contribution is -0.244. The van der Waals surface area contributed by atoms with Crippen molar-refractivity contribution in [2.75, 3.05) is 26.2 Å². The van der Waals surface area contributed by atoms with Gasteiger partial charge >= 0.3 is 0 Å². The van der Waals surface area contributed by atoms with Gasteiger partial charge in [0.1, 0.15) is 0 Å². The highest BCUT2D eigenvalue weighted by atomic mass is 16.6. The van der Waals surface area contributed by atoms with Crippen LogP contribution in [0.1, 0.15) is 13.8 Å². The van der Waals surface area contributed by atoms with Gasteiger partial charge in [0, 0.05) is 6.54 Å². The minimum atomic E-state index is 0.355. The van der Waals surface area contributed by atoms with E-state index in [2.05, 4.69) is 10.6 Å². The van der Waals surface area contributed by atoms with Gasteiger partial charge in [-0.05, 0) is 13.5 Å². The number of likely N-dealkylation sites (N-methyl/N-ethyl adjacent to an activating group) is 1. The van der Waals surface area contributed by atoms with Gasteiger partial charge in [0.25, 0.3) is 0 Å². The molecule has 2 N–H and O–H groups in total. The van der Waals surface area contributed by atoms with Gasteiger partial charge in [0.15, 0.2) is 0 Å². The maximum atomic E-state index is 10.1. The molecule has 0 aromatic carbocycles. The molecule has 12 heavy (non-hydrogen) atoms. The van der Waals surface area contributed by atoms with E-state index in [-0.39, 0.29) is 0 Å². The zero-order valence-electron chi connectivity index (χ0n) is 7.53. The average Bonchev–Trinajstić information content (AvgIpc) is 2.07. The molecular formula is C6H16N4O2. The van der Waals surface area contributed by atoms with Crippen LogP contribution in [0.25, 0.3) is 0 Å². The lowest BCUT2D eigenvalue weighted by Gasteiger charge is -2.22. The van der Waals surface area contributed by atoms with Crippen molar-refractivity contribution in [1.29, 1.82) is 0 Å². The zero-order valence-corrected chi connectivity index (χ0v) is 7.53. The van der Waals surface area contributed by atoms with Crippen LogP contribution < -0.4 is 5.32 Å².